The van der Waals surface area contributed by atoms with Crippen LogP contribution < -0.4 is 5.32 Å². The number of hydrogen-bond donors (Lipinski definition) is 2. The van der Waals surface area contributed by atoms with Crippen molar-refractivity contribution in [1.82, 2.24) is 15.1 Å². The molecule has 2 rings (SSSR count). The molecular formula is C14H23N3O2. The first-order valence-electron chi connectivity index (χ1n) is 6.97. The molecule has 1 saturated carbocycles. The quantitative estimate of drug-likeness (QED) is 0.837. The molecular weight excluding hydrogens is 242 g/mol. The van der Waals surface area contributed by atoms with Crippen molar-refractivity contribution in [3.8, 4) is 0 Å². The summed E-state index contributed by atoms with van der Waals surface area (Å²) in [5.41, 5.74) is 1.42. The van der Waals surface area contributed by atoms with Crippen LogP contribution in [0.2, 0.25) is 0 Å². The highest BCUT2D eigenvalue weighted by molar-refractivity contribution is 5.76. The zero-order valence-electron chi connectivity index (χ0n) is 11.8. The minimum Gasteiger partial charge on any atom is -0.388 e. The monoisotopic (exact) mass is 265 g/mol. The van der Waals surface area contributed by atoms with E-state index in [0.29, 0.717) is 19.4 Å². The van der Waals surface area contributed by atoms with Crippen LogP contribution in [-0.2, 0) is 18.3 Å². The van der Waals surface area contributed by atoms with Crippen molar-refractivity contribution < 1.29 is 9.90 Å². The lowest BCUT2D eigenvalue weighted by Crippen LogP contribution is -2.40. The average molecular weight is 265 g/mol. The molecule has 1 aliphatic carbocycles. The van der Waals surface area contributed by atoms with E-state index < -0.39 is 5.60 Å². The second kappa shape index (κ2) is 5.74. The third-order valence-electron chi connectivity index (χ3n) is 3.89. The highest BCUT2D eigenvalue weighted by Gasteiger charge is 2.31. The molecule has 1 aromatic rings. The smallest absolute Gasteiger partial charge is 0.220 e. The first-order valence-corrected chi connectivity index (χ1v) is 6.97. The maximum absolute atomic E-state index is 11.8. The Bertz CT molecular complexity index is 448. The standard InChI is InChI=1S/C14H23N3O2/c1-11-12(9-17(2)16-11)5-6-13(18)15-10-14(19)7-3-4-8-14/h9,19H,3-8,10H2,1-2H3,(H,15,18). The Labute approximate surface area is 114 Å². The van der Waals surface area contributed by atoms with Gasteiger partial charge in [0.1, 0.15) is 0 Å². The maximum Gasteiger partial charge on any atom is 0.220 e. The number of aromatic nitrogens is 2. The summed E-state index contributed by atoms with van der Waals surface area (Å²) in [6, 6.07) is 0. The molecule has 1 amide bonds. The molecule has 106 valence electrons. The molecule has 0 spiro atoms. The molecule has 5 heteroatoms. The van der Waals surface area contributed by atoms with Gasteiger partial charge in [-0.3, -0.25) is 9.48 Å². The second-order valence-corrected chi connectivity index (χ2v) is 5.62. The minimum absolute atomic E-state index is 0.00331. The van der Waals surface area contributed by atoms with E-state index >= 15 is 0 Å². The van der Waals surface area contributed by atoms with Crippen LogP contribution in [-0.4, -0.2) is 32.9 Å². The second-order valence-electron chi connectivity index (χ2n) is 5.62. The Morgan fingerprint density at radius 1 is 1.53 bits per heavy atom. The topological polar surface area (TPSA) is 67.2 Å². The fourth-order valence-electron chi connectivity index (χ4n) is 2.70. The van der Waals surface area contributed by atoms with Gasteiger partial charge in [0.25, 0.3) is 0 Å². The number of rotatable bonds is 5. The molecule has 1 aliphatic rings. The molecule has 2 N–H and O–H groups in total. The van der Waals surface area contributed by atoms with Gasteiger partial charge in [-0.25, -0.2) is 0 Å². The van der Waals surface area contributed by atoms with Crippen LogP contribution in [0.5, 0.6) is 0 Å². The van der Waals surface area contributed by atoms with Gasteiger partial charge in [-0.15, -0.1) is 0 Å². The molecule has 1 heterocycles. The normalized spacial score (nSPS) is 17.6. The Morgan fingerprint density at radius 2 is 2.21 bits per heavy atom. The van der Waals surface area contributed by atoms with Crippen LogP contribution in [0.15, 0.2) is 6.20 Å². The van der Waals surface area contributed by atoms with Crippen LogP contribution in [0.3, 0.4) is 0 Å². The van der Waals surface area contributed by atoms with Crippen molar-refractivity contribution >= 4 is 5.91 Å². The van der Waals surface area contributed by atoms with E-state index in [1.54, 1.807) is 4.68 Å². The van der Waals surface area contributed by atoms with E-state index in [-0.39, 0.29) is 5.91 Å². The van der Waals surface area contributed by atoms with Crippen LogP contribution in [0.25, 0.3) is 0 Å². The largest absolute Gasteiger partial charge is 0.388 e. The summed E-state index contributed by atoms with van der Waals surface area (Å²) < 4.78 is 1.77. The number of hydrogen-bond acceptors (Lipinski definition) is 3. The van der Waals surface area contributed by atoms with Gasteiger partial charge >= 0.3 is 0 Å². The molecule has 1 aromatic heterocycles. The lowest BCUT2D eigenvalue weighted by atomic mass is 10.0. The first kappa shape index (κ1) is 14.1. The van der Waals surface area contributed by atoms with Gasteiger partial charge in [-0.1, -0.05) is 12.8 Å². The van der Waals surface area contributed by atoms with E-state index in [2.05, 4.69) is 10.4 Å². The van der Waals surface area contributed by atoms with E-state index in [0.717, 1.165) is 36.9 Å². The van der Waals surface area contributed by atoms with Gasteiger partial charge in [0.05, 0.1) is 11.3 Å². The number of aryl methyl sites for hydroxylation is 3. The Hall–Kier alpha value is -1.36. The van der Waals surface area contributed by atoms with Crippen molar-refractivity contribution in [2.24, 2.45) is 7.05 Å². The molecule has 0 bridgehead atoms. The predicted octanol–water partition coefficient (Wildman–Crippen LogP) is 1.08. The highest BCUT2D eigenvalue weighted by atomic mass is 16.3. The van der Waals surface area contributed by atoms with Crippen molar-refractivity contribution in [3.63, 3.8) is 0 Å². The third-order valence-corrected chi connectivity index (χ3v) is 3.89. The zero-order valence-corrected chi connectivity index (χ0v) is 11.8. The SMILES string of the molecule is Cc1nn(C)cc1CCC(=O)NCC1(O)CCCC1. The predicted molar refractivity (Wildman–Crippen MR) is 72.7 cm³/mol. The van der Waals surface area contributed by atoms with E-state index in [4.69, 9.17) is 0 Å². The van der Waals surface area contributed by atoms with Gasteiger partial charge in [0.15, 0.2) is 0 Å². The highest BCUT2D eigenvalue weighted by Crippen LogP contribution is 2.28. The van der Waals surface area contributed by atoms with Crippen LogP contribution in [0, 0.1) is 6.92 Å². The lowest BCUT2D eigenvalue weighted by Gasteiger charge is -2.22. The number of aliphatic hydroxyl groups is 1. The third kappa shape index (κ3) is 3.80. The molecule has 1 fully saturated rings. The summed E-state index contributed by atoms with van der Waals surface area (Å²) in [5.74, 6) is 0.00331. The molecule has 0 aliphatic heterocycles. The molecule has 0 saturated heterocycles. The fraction of sp³-hybridized carbons (Fsp3) is 0.714. The Kier molecular flexibility index (Phi) is 4.24. The lowest BCUT2D eigenvalue weighted by molar-refractivity contribution is -0.122. The molecule has 0 radical (unpaired) electrons. The summed E-state index contributed by atoms with van der Waals surface area (Å²) in [6.45, 7) is 2.34. The number of nitrogens with one attached hydrogen (secondary N) is 1. The van der Waals surface area contributed by atoms with Gasteiger partial charge in [-0.2, -0.15) is 5.10 Å². The number of nitrogens with zero attached hydrogens (tertiary/aromatic N) is 2. The van der Waals surface area contributed by atoms with E-state index in [9.17, 15) is 9.90 Å². The van der Waals surface area contributed by atoms with Crippen molar-refractivity contribution in [2.45, 2.75) is 51.0 Å². The van der Waals surface area contributed by atoms with Crippen LogP contribution in [0.1, 0.15) is 43.4 Å². The van der Waals surface area contributed by atoms with Gasteiger partial charge in [0, 0.05) is 26.2 Å². The average Bonchev–Trinajstić information content (AvgIpc) is 2.91. The van der Waals surface area contributed by atoms with E-state index in [1.165, 1.54) is 0 Å². The van der Waals surface area contributed by atoms with Crippen molar-refractivity contribution in [1.29, 1.82) is 0 Å². The molecule has 5 nitrogen and oxygen atoms in total. The maximum atomic E-state index is 11.8. The zero-order chi connectivity index (χ0) is 13.9. The summed E-state index contributed by atoms with van der Waals surface area (Å²) in [5, 5.41) is 17.2. The van der Waals surface area contributed by atoms with Gasteiger partial charge < -0.3 is 10.4 Å². The number of amides is 1. The van der Waals surface area contributed by atoms with Crippen LogP contribution >= 0.6 is 0 Å². The minimum atomic E-state index is -0.667. The summed E-state index contributed by atoms with van der Waals surface area (Å²) in [6.07, 6.45) is 6.81. The van der Waals surface area contributed by atoms with E-state index in [1.807, 2.05) is 20.2 Å². The summed E-state index contributed by atoms with van der Waals surface area (Å²) in [4.78, 5) is 11.8. The van der Waals surface area contributed by atoms with Crippen LogP contribution in [0.4, 0.5) is 0 Å². The Morgan fingerprint density at radius 3 is 2.79 bits per heavy atom. The molecule has 19 heavy (non-hydrogen) atoms. The van der Waals surface area contributed by atoms with Crippen molar-refractivity contribution in [3.05, 3.63) is 17.5 Å². The number of carbonyl (C=O) groups excluding carboxylic acids is 1. The van der Waals surface area contributed by atoms with Gasteiger partial charge in [-0.05, 0) is 31.7 Å². The number of carbonyl (C=O) groups is 1. The first-order chi connectivity index (χ1) is 8.98. The van der Waals surface area contributed by atoms with Crippen molar-refractivity contribution in [2.75, 3.05) is 6.54 Å². The fourth-order valence-corrected chi connectivity index (χ4v) is 2.70. The molecule has 0 atom stereocenters. The van der Waals surface area contributed by atoms with Gasteiger partial charge in [0.2, 0.25) is 5.91 Å². The summed E-state index contributed by atoms with van der Waals surface area (Å²) >= 11 is 0. The summed E-state index contributed by atoms with van der Waals surface area (Å²) in [7, 11) is 1.88. The Balaban J connectivity index is 1.74. The molecule has 0 unspecified atom stereocenters. The molecule has 0 aromatic carbocycles.